The monoisotopic (exact) mass is 349 g/mol. The van der Waals surface area contributed by atoms with E-state index in [0.29, 0.717) is 29.7 Å². The summed E-state index contributed by atoms with van der Waals surface area (Å²) in [5.41, 5.74) is 0.513. The molecule has 0 atom stereocenters. The maximum atomic E-state index is 12.1. The Labute approximate surface area is 145 Å². The Hall–Kier alpha value is -1.95. The Bertz CT molecular complexity index is 641. The first kappa shape index (κ1) is 16.9. The number of carbonyl (C=O) groups is 2. The van der Waals surface area contributed by atoms with E-state index in [9.17, 15) is 9.59 Å². The molecule has 128 valence electrons. The molecule has 2 fully saturated rings. The van der Waals surface area contributed by atoms with E-state index in [4.69, 9.17) is 5.26 Å². The molecule has 2 heterocycles. The summed E-state index contributed by atoms with van der Waals surface area (Å²) in [5, 5.41) is 17.2. The van der Waals surface area contributed by atoms with Gasteiger partial charge in [-0.2, -0.15) is 5.26 Å². The van der Waals surface area contributed by atoms with E-state index in [1.54, 1.807) is 11.4 Å². The SMILES string of the molecule is N#Cc1ccsc1NC(=O)C[NH+]1CC[NH+](CC(=O)NC2CC2)CC1. The van der Waals surface area contributed by atoms with Gasteiger partial charge in [-0.15, -0.1) is 11.3 Å². The van der Waals surface area contributed by atoms with Gasteiger partial charge in [0.25, 0.3) is 11.8 Å². The van der Waals surface area contributed by atoms with Gasteiger partial charge in [0.2, 0.25) is 0 Å². The minimum atomic E-state index is -0.0566. The smallest absolute Gasteiger partial charge is 0.280 e. The molecule has 0 spiro atoms. The average molecular weight is 349 g/mol. The van der Waals surface area contributed by atoms with Gasteiger partial charge < -0.3 is 20.4 Å². The highest BCUT2D eigenvalue weighted by Crippen LogP contribution is 2.21. The van der Waals surface area contributed by atoms with Crippen LogP contribution in [0.1, 0.15) is 18.4 Å². The number of quaternary nitrogens is 2. The molecule has 2 amide bonds. The van der Waals surface area contributed by atoms with Crippen LogP contribution < -0.4 is 20.4 Å². The predicted octanol–water partition coefficient (Wildman–Crippen LogP) is -2.38. The maximum absolute atomic E-state index is 12.1. The zero-order valence-corrected chi connectivity index (χ0v) is 14.4. The molecule has 7 nitrogen and oxygen atoms in total. The molecule has 1 aliphatic carbocycles. The van der Waals surface area contributed by atoms with Crippen molar-refractivity contribution < 1.29 is 19.4 Å². The fourth-order valence-corrected chi connectivity index (χ4v) is 3.69. The van der Waals surface area contributed by atoms with Crippen molar-refractivity contribution in [1.29, 1.82) is 5.26 Å². The fourth-order valence-electron chi connectivity index (χ4n) is 2.94. The molecule has 4 N–H and O–H groups in total. The second kappa shape index (κ2) is 7.75. The van der Waals surface area contributed by atoms with E-state index < -0.39 is 0 Å². The first-order chi connectivity index (χ1) is 11.6. The number of nitrogens with zero attached hydrogens (tertiary/aromatic N) is 1. The average Bonchev–Trinajstić information content (AvgIpc) is 3.25. The number of hydrogen-bond donors (Lipinski definition) is 4. The van der Waals surface area contributed by atoms with Crippen LogP contribution in [0, 0.1) is 11.3 Å². The topological polar surface area (TPSA) is 90.9 Å². The third kappa shape index (κ3) is 4.77. The molecule has 0 radical (unpaired) electrons. The number of piperazine rings is 1. The van der Waals surface area contributed by atoms with E-state index in [2.05, 4.69) is 16.7 Å². The lowest BCUT2D eigenvalue weighted by molar-refractivity contribution is -1.00. The van der Waals surface area contributed by atoms with Crippen molar-refractivity contribution in [3.05, 3.63) is 17.0 Å². The van der Waals surface area contributed by atoms with Gasteiger partial charge in [0, 0.05) is 6.04 Å². The fraction of sp³-hybridized carbons (Fsp3) is 0.562. The van der Waals surface area contributed by atoms with Crippen LogP contribution in [0.2, 0.25) is 0 Å². The Morgan fingerprint density at radius 1 is 1.17 bits per heavy atom. The van der Waals surface area contributed by atoms with E-state index in [1.165, 1.54) is 21.1 Å². The zero-order valence-electron chi connectivity index (χ0n) is 13.6. The standard InChI is InChI=1S/C16H21N5O2S/c17-9-12-3-8-24-16(12)19-15(23)11-21-6-4-20(5-7-21)10-14(22)18-13-1-2-13/h3,8,13H,1-2,4-7,10-11H2,(H,18,22)(H,19,23)/p+2. The zero-order chi connectivity index (χ0) is 16.9. The number of nitriles is 1. The summed E-state index contributed by atoms with van der Waals surface area (Å²) in [4.78, 5) is 26.5. The third-order valence-corrected chi connectivity index (χ3v) is 5.30. The molecule has 2 aliphatic rings. The van der Waals surface area contributed by atoms with E-state index in [1.807, 2.05) is 0 Å². The second-order valence-electron chi connectivity index (χ2n) is 6.52. The molecule has 1 aromatic rings. The lowest BCUT2D eigenvalue weighted by Crippen LogP contribution is -3.28. The van der Waals surface area contributed by atoms with Crippen molar-refractivity contribution in [3.8, 4) is 6.07 Å². The van der Waals surface area contributed by atoms with E-state index in [0.717, 1.165) is 39.0 Å². The normalized spacial score (nSPS) is 23.3. The quantitative estimate of drug-likeness (QED) is 0.462. The van der Waals surface area contributed by atoms with Crippen LogP contribution in [0.5, 0.6) is 0 Å². The lowest BCUT2D eigenvalue weighted by Gasteiger charge is -2.28. The van der Waals surface area contributed by atoms with Crippen molar-refractivity contribution in [2.45, 2.75) is 18.9 Å². The van der Waals surface area contributed by atoms with Gasteiger partial charge in [0.1, 0.15) is 37.2 Å². The van der Waals surface area contributed by atoms with Crippen molar-refractivity contribution in [3.63, 3.8) is 0 Å². The summed E-state index contributed by atoms with van der Waals surface area (Å²) in [5.74, 6) is 0.0919. The second-order valence-corrected chi connectivity index (χ2v) is 7.43. The summed E-state index contributed by atoms with van der Waals surface area (Å²) in [7, 11) is 0. The van der Waals surface area contributed by atoms with Crippen LogP contribution in [0.25, 0.3) is 0 Å². The summed E-state index contributed by atoms with van der Waals surface area (Å²) in [6.07, 6.45) is 2.23. The summed E-state index contributed by atoms with van der Waals surface area (Å²) in [6.45, 7) is 4.53. The van der Waals surface area contributed by atoms with Crippen LogP contribution in [-0.4, -0.2) is 57.1 Å². The molecule has 1 aliphatic heterocycles. The van der Waals surface area contributed by atoms with Crippen molar-refractivity contribution in [2.75, 3.05) is 44.6 Å². The number of carbonyl (C=O) groups excluding carboxylic acids is 2. The molecule has 0 unspecified atom stereocenters. The molecule has 0 bridgehead atoms. The van der Waals surface area contributed by atoms with Gasteiger partial charge in [-0.3, -0.25) is 9.59 Å². The largest absolute Gasteiger partial charge is 0.348 e. The molecular weight excluding hydrogens is 326 g/mol. The van der Waals surface area contributed by atoms with Crippen LogP contribution in [0.15, 0.2) is 11.4 Å². The molecule has 0 aromatic carbocycles. The van der Waals surface area contributed by atoms with Gasteiger partial charge in [0.05, 0.1) is 5.56 Å². The number of amides is 2. The number of nitrogens with one attached hydrogen (secondary N) is 4. The van der Waals surface area contributed by atoms with Crippen LogP contribution in [-0.2, 0) is 9.59 Å². The van der Waals surface area contributed by atoms with E-state index in [-0.39, 0.29) is 11.8 Å². The molecule has 8 heteroatoms. The Morgan fingerprint density at radius 2 is 1.79 bits per heavy atom. The predicted molar refractivity (Wildman–Crippen MR) is 90.0 cm³/mol. The van der Waals surface area contributed by atoms with Crippen LogP contribution in [0.4, 0.5) is 5.00 Å². The highest BCUT2D eigenvalue weighted by Gasteiger charge is 2.29. The lowest BCUT2D eigenvalue weighted by atomic mass is 10.3. The Balaban J connectivity index is 1.38. The minimum absolute atomic E-state index is 0.0566. The van der Waals surface area contributed by atoms with Crippen LogP contribution in [0.3, 0.4) is 0 Å². The summed E-state index contributed by atoms with van der Waals surface area (Å²) >= 11 is 1.37. The first-order valence-electron chi connectivity index (χ1n) is 8.38. The van der Waals surface area contributed by atoms with Gasteiger partial charge in [0.15, 0.2) is 13.1 Å². The van der Waals surface area contributed by atoms with Gasteiger partial charge in [-0.25, -0.2) is 0 Å². The third-order valence-electron chi connectivity index (χ3n) is 4.47. The number of anilines is 1. The molecule has 24 heavy (non-hydrogen) atoms. The van der Waals surface area contributed by atoms with Gasteiger partial charge in [-0.1, -0.05) is 0 Å². The van der Waals surface area contributed by atoms with Crippen molar-refractivity contribution in [2.24, 2.45) is 0 Å². The first-order valence-corrected chi connectivity index (χ1v) is 9.26. The molecule has 1 saturated heterocycles. The molecule has 3 rings (SSSR count). The number of thiophene rings is 1. The molecule has 1 aromatic heterocycles. The van der Waals surface area contributed by atoms with Crippen molar-refractivity contribution in [1.82, 2.24) is 5.32 Å². The van der Waals surface area contributed by atoms with Crippen molar-refractivity contribution >= 4 is 28.2 Å². The van der Waals surface area contributed by atoms with E-state index >= 15 is 0 Å². The molecule has 1 saturated carbocycles. The summed E-state index contributed by atoms with van der Waals surface area (Å²) in [6, 6.07) is 4.20. The highest BCUT2D eigenvalue weighted by atomic mass is 32.1. The van der Waals surface area contributed by atoms with Gasteiger partial charge >= 0.3 is 0 Å². The molecular formula is C16H23N5O2S+2. The minimum Gasteiger partial charge on any atom is -0.348 e. The van der Waals surface area contributed by atoms with Gasteiger partial charge in [-0.05, 0) is 24.3 Å². The number of hydrogen-bond acceptors (Lipinski definition) is 4. The Kier molecular flexibility index (Phi) is 5.45. The Morgan fingerprint density at radius 3 is 2.38 bits per heavy atom. The highest BCUT2D eigenvalue weighted by molar-refractivity contribution is 7.14. The summed E-state index contributed by atoms with van der Waals surface area (Å²) < 4.78 is 0. The maximum Gasteiger partial charge on any atom is 0.280 e. The number of rotatable bonds is 6. The van der Waals surface area contributed by atoms with Crippen LogP contribution >= 0.6 is 11.3 Å².